The minimum atomic E-state index is -3.39. The Morgan fingerprint density at radius 1 is 0.919 bits per heavy atom. The first-order valence-electron chi connectivity index (χ1n) is 11.1. The van der Waals surface area contributed by atoms with Crippen LogP contribution in [0.25, 0.3) is 0 Å². The number of hydrogen-bond donors (Lipinski definition) is 1. The lowest BCUT2D eigenvalue weighted by Crippen LogP contribution is -2.29. The van der Waals surface area contributed by atoms with E-state index in [1.54, 1.807) is 47.2 Å². The average Bonchev–Trinajstić information content (AvgIpc) is 2.91. The first-order valence-corrected chi connectivity index (χ1v) is 17.0. The predicted octanol–water partition coefficient (Wildman–Crippen LogP) is 4.97. The molecule has 0 heterocycles. The molecule has 2 aromatic rings. The molecule has 0 amide bonds. The number of nitrogens with zero attached hydrogens (tertiary/aromatic N) is 3. The summed E-state index contributed by atoms with van der Waals surface area (Å²) in [6, 6.07) is 14.1. The van der Waals surface area contributed by atoms with E-state index in [9.17, 15) is 14.2 Å². The standard InChI is InChI=1S/C22H34N3O8P3S/c1-24(23-16-20-6-10-21(26)11-7-20)34(37)33-22-12-8-19(9-13-22)14-15-25(17-35(27,29-2)30-3)18-36(28,31-4)32-5/h6-13,16,26,34H,14-15,17-18H2,1-5H3/b23-16+. The van der Waals surface area contributed by atoms with Crippen LogP contribution >= 0.6 is 22.3 Å². The van der Waals surface area contributed by atoms with Crippen LogP contribution in [-0.4, -0.2) is 75.6 Å². The second-order valence-electron chi connectivity index (χ2n) is 7.75. The van der Waals surface area contributed by atoms with Crippen molar-refractivity contribution in [1.29, 1.82) is 0 Å². The number of hydrogen-bond acceptors (Lipinski definition) is 11. The highest BCUT2D eigenvalue weighted by molar-refractivity contribution is 8.02. The zero-order chi connectivity index (χ0) is 27.5. The maximum absolute atomic E-state index is 12.7. The topological polar surface area (TPSA) is 119 Å². The van der Waals surface area contributed by atoms with Crippen molar-refractivity contribution in [3.05, 3.63) is 59.7 Å². The Morgan fingerprint density at radius 2 is 1.43 bits per heavy atom. The average molecular weight is 594 g/mol. The van der Waals surface area contributed by atoms with Gasteiger partial charge < -0.3 is 27.7 Å². The molecule has 0 aliphatic carbocycles. The summed E-state index contributed by atoms with van der Waals surface area (Å²) >= 11 is 5.49. The smallest absolute Gasteiger partial charge is 0.344 e. The van der Waals surface area contributed by atoms with Crippen molar-refractivity contribution in [1.82, 2.24) is 9.68 Å². The van der Waals surface area contributed by atoms with Gasteiger partial charge >= 0.3 is 15.2 Å². The van der Waals surface area contributed by atoms with E-state index in [-0.39, 0.29) is 18.3 Å². The SMILES string of the molecule is COP(=O)(CN(CCc1ccc(O[PH](=S)N(C)/N=C/c2ccc(O)cc2)cc1)CP(=O)(OC)OC)OC. The highest BCUT2D eigenvalue weighted by atomic mass is 32.4. The Kier molecular flexibility index (Phi) is 12.9. The first-order chi connectivity index (χ1) is 17.5. The Labute approximate surface area is 223 Å². The fraction of sp³-hybridized carbons (Fsp3) is 0.409. The van der Waals surface area contributed by atoms with Crippen molar-refractivity contribution in [2.45, 2.75) is 6.42 Å². The van der Waals surface area contributed by atoms with Crippen molar-refractivity contribution in [2.75, 3.05) is 54.6 Å². The molecular weight excluding hydrogens is 559 g/mol. The molecule has 15 heteroatoms. The lowest BCUT2D eigenvalue weighted by molar-refractivity contribution is 0.224. The first kappa shape index (κ1) is 31.6. The molecular formula is C22H34N3O8P3S. The Morgan fingerprint density at radius 3 is 1.92 bits per heavy atom. The molecule has 0 aliphatic rings. The third-order valence-corrected chi connectivity index (χ3v) is 11.1. The summed E-state index contributed by atoms with van der Waals surface area (Å²) in [5.41, 5.74) is 1.80. The highest BCUT2D eigenvalue weighted by Crippen LogP contribution is 2.51. The van der Waals surface area contributed by atoms with Gasteiger partial charge in [0.05, 0.1) is 6.21 Å². The van der Waals surface area contributed by atoms with Crippen LogP contribution in [0.1, 0.15) is 11.1 Å². The van der Waals surface area contributed by atoms with Crippen LogP contribution in [0, 0.1) is 0 Å². The molecule has 1 atom stereocenters. The van der Waals surface area contributed by atoms with Crippen LogP contribution in [0.15, 0.2) is 53.6 Å². The maximum Gasteiger partial charge on any atom is 0.344 e. The third kappa shape index (κ3) is 10.6. The van der Waals surface area contributed by atoms with Gasteiger partial charge in [-0.2, -0.15) is 5.10 Å². The molecule has 0 aliphatic heterocycles. The molecule has 0 bridgehead atoms. The number of phenols is 1. The van der Waals surface area contributed by atoms with Gasteiger partial charge in [-0.1, -0.05) is 12.1 Å². The van der Waals surface area contributed by atoms with Gasteiger partial charge in [-0.05, 0) is 65.8 Å². The van der Waals surface area contributed by atoms with Crippen LogP contribution in [-0.2, 0) is 45.5 Å². The Hall–Kier alpha value is -1.58. The van der Waals surface area contributed by atoms with E-state index in [0.717, 1.165) is 11.1 Å². The molecule has 1 N–H and O–H groups in total. The molecule has 11 nitrogen and oxygen atoms in total. The summed E-state index contributed by atoms with van der Waals surface area (Å²) in [6.45, 7) is 0.401. The van der Waals surface area contributed by atoms with Gasteiger partial charge in [-0.15, -0.1) is 0 Å². The van der Waals surface area contributed by atoms with E-state index in [1.807, 2.05) is 24.3 Å². The number of rotatable bonds is 16. The molecule has 0 saturated carbocycles. The molecule has 206 valence electrons. The monoisotopic (exact) mass is 593 g/mol. The van der Waals surface area contributed by atoms with E-state index >= 15 is 0 Å². The summed E-state index contributed by atoms with van der Waals surface area (Å²) in [7, 11) is -1.66. The van der Waals surface area contributed by atoms with E-state index in [0.29, 0.717) is 18.7 Å². The van der Waals surface area contributed by atoms with Gasteiger partial charge in [0.15, 0.2) is 0 Å². The molecule has 1 unspecified atom stereocenters. The van der Waals surface area contributed by atoms with Gasteiger partial charge in [0, 0.05) is 42.0 Å². The van der Waals surface area contributed by atoms with Crippen LogP contribution < -0.4 is 4.52 Å². The summed E-state index contributed by atoms with van der Waals surface area (Å²) in [5.74, 6) is 0.802. The highest BCUT2D eigenvalue weighted by Gasteiger charge is 2.31. The summed E-state index contributed by atoms with van der Waals surface area (Å²) in [6.07, 6.45) is 2.06. The van der Waals surface area contributed by atoms with Gasteiger partial charge in [0.25, 0.3) is 0 Å². The van der Waals surface area contributed by atoms with E-state index in [4.69, 9.17) is 34.4 Å². The normalized spacial score (nSPS) is 13.2. The Balaban J connectivity index is 1.98. The minimum Gasteiger partial charge on any atom is -0.508 e. The molecule has 0 radical (unpaired) electrons. The zero-order valence-electron chi connectivity index (χ0n) is 21.5. The molecule has 2 aromatic carbocycles. The van der Waals surface area contributed by atoms with Crippen molar-refractivity contribution in [3.8, 4) is 11.5 Å². The van der Waals surface area contributed by atoms with Gasteiger partial charge in [0.2, 0.25) is 7.07 Å². The molecule has 0 fully saturated rings. The number of hydrazone groups is 1. The molecule has 2 rings (SSSR count). The fourth-order valence-electron chi connectivity index (χ4n) is 3.00. The number of phenolic OH excluding ortho intramolecular Hbond substituents is 1. The molecule has 0 aromatic heterocycles. The molecule has 37 heavy (non-hydrogen) atoms. The van der Waals surface area contributed by atoms with E-state index in [1.165, 1.54) is 28.4 Å². The largest absolute Gasteiger partial charge is 0.508 e. The predicted molar refractivity (Wildman–Crippen MR) is 150 cm³/mol. The van der Waals surface area contributed by atoms with Gasteiger partial charge in [-0.25, -0.2) is 4.78 Å². The van der Waals surface area contributed by atoms with Crippen molar-refractivity contribution < 1.29 is 36.9 Å². The molecule has 0 saturated heterocycles. The lowest BCUT2D eigenvalue weighted by Gasteiger charge is -2.27. The fourth-order valence-corrected chi connectivity index (χ4v) is 6.43. The zero-order valence-corrected chi connectivity index (χ0v) is 25.1. The summed E-state index contributed by atoms with van der Waals surface area (Å²) < 4.78 is 53.0. The Bertz CT molecular complexity index is 1090. The summed E-state index contributed by atoms with van der Waals surface area (Å²) in [5, 5.41) is 13.7. The minimum absolute atomic E-state index is 0.0728. The second kappa shape index (κ2) is 15.1. The van der Waals surface area contributed by atoms with Crippen LogP contribution in [0.5, 0.6) is 11.5 Å². The third-order valence-electron chi connectivity index (χ3n) is 5.24. The number of benzene rings is 2. The second-order valence-corrected chi connectivity index (χ2v) is 14.7. The molecule has 0 spiro atoms. The van der Waals surface area contributed by atoms with Crippen molar-refractivity contribution >= 4 is 40.3 Å². The lowest BCUT2D eigenvalue weighted by atomic mass is 10.1. The summed E-state index contributed by atoms with van der Waals surface area (Å²) in [4.78, 5) is 1.68. The number of aromatic hydroxyl groups is 1. The van der Waals surface area contributed by atoms with E-state index in [2.05, 4.69) is 5.10 Å². The van der Waals surface area contributed by atoms with Crippen molar-refractivity contribution in [2.24, 2.45) is 5.10 Å². The van der Waals surface area contributed by atoms with Crippen LogP contribution in [0.4, 0.5) is 0 Å². The van der Waals surface area contributed by atoms with Gasteiger partial charge in [0.1, 0.15) is 24.1 Å². The van der Waals surface area contributed by atoms with E-state index < -0.39 is 22.3 Å². The quantitative estimate of drug-likeness (QED) is 0.161. The van der Waals surface area contributed by atoms with Crippen molar-refractivity contribution in [3.63, 3.8) is 0 Å². The van der Waals surface area contributed by atoms with Gasteiger partial charge in [-0.3, -0.25) is 14.0 Å². The van der Waals surface area contributed by atoms with Crippen LogP contribution in [0.3, 0.4) is 0 Å². The maximum atomic E-state index is 12.7. The van der Waals surface area contributed by atoms with Crippen LogP contribution in [0.2, 0.25) is 0 Å².